The molecule has 1 fully saturated rings. The lowest BCUT2D eigenvalue weighted by molar-refractivity contribution is 0.198. The van der Waals surface area contributed by atoms with Crippen LogP contribution in [-0.4, -0.2) is 13.2 Å². The lowest BCUT2D eigenvalue weighted by Crippen LogP contribution is -1.74. The molecule has 0 unspecified atom stereocenters. The standard InChI is InChI=1S/C4H8O.C2H3Br/c1-2-4-5-3-1;1-2-3/h1-4H2;2H,1H2. The zero-order chi connectivity index (χ0) is 6.24. The second-order valence-electron chi connectivity index (χ2n) is 1.47. The van der Waals surface area contributed by atoms with Crippen LogP contribution in [0.2, 0.25) is 0 Å². The van der Waals surface area contributed by atoms with Gasteiger partial charge < -0.3 is 4.74 Å². The quantitative estimate of drug-likeness (QED) is 0.554. The molecule has 1 aliphatic rings. The van der Waals surface area contributed by atoms with E-state index < -0.39 is 0 Å². The molecule has 0 saturated carbocycles. The van der Waals surface area contributed by atoms with Crippen LogP contribution in [0.15, 0.2) is 11.6 Å². The molecule has 0 N–H and O–H groups in total. The summed E-state index contributed by atoms with van der Waals surface area (Å²) in [6.45, 7) is 5.28. The third kappa shape index (κ3) is 6.18. The molecule has 2 heteroatoms. The van der Waals surface area contributed by atoms with Crippen molar-refractivity contribution >= 4 is 15.9 Å². The fraction of sp³-hybridized carbons (Fsp3) is 0.667. The molecule has 0 spiro atoms. The Labute approximate surface area is 58.9 Å². The zero-order valence-corrected chi connectivity index (χ0v) is 6.49. The SMILES string of the molecule is C1CCOC1.C=CBr. The minimum atomic E-state index is 1.00. The van der Waals surface area contributed by atoms with Crippen molar-refractivity contribution in [3.05, 3.63) is 11.6 Å². The van der Waals surface area contributed by atoms with Gasteiger partial charge in [-0.05, 0) is 17.8 Å². The predicted molar refractivity (Wildman–Crippen MR) is 39.2 cm³/mol. The van der Waals surface area contributed by atoms with E-state index in [1.54, 1.807) is 4.99 Å². The van der Waals surface area contributed by atoms with Gasteiger partial charge in [0.2, 0.25) is 0 Å². The van der Waals surface area contributed by atoms with Crippen molar-refractivity contribution in [2.45, 2.75) is 12.8 Å². The van der Waals surface area contributed by atoms with E-state index in [9.17, 15) is 0 Å². The van der Waals surface area contributed by atoms with Gasteiger partial charge >= 0.3 is 0 Å². The zero-order valence-electron chi connectivity index (χ0n) is 4.90. The third-order valence-electron chi connectivity index (χ3n) is 0.827. The molecule has 1 saturated heterocycles. The molecule has 0 atom stereocenters. The second kappa shape index (κ2) is 7.18. The smallest absolute Gasteiger partial charge is 0.0466 e. The molecule has 1 heterocycles. The average molecular weight is 179 g/mol. The fourth-order valence-electron chi connectivity index (χ4n) is 0.510. The summed E-state index contributed by atoms with van der Waals surface area (Å²) in [7, 11) is 0. The molecule has 1 nitrogen and oxygen atoms in total. The number of halogens is 1. The van der Waals surface area contributed by atoms with Crippen LogP contribution in [0, 0.1) is 0 Å². The van der Waals surface area contributed by atoms with Gasteiger partial charge in [0.05, 0.1) is 0 Å². The van der Waals surface area contributed by atoms with Crippen LogP contribution in [0.25, 0.3) is 0 Å². The van der Waals surface area contributed by atoms with E-state index in [2.05, 4.69) is 22.5 Å². The Morgan fingerprint density at radius 2 is 1.75 bits per heavy atom. The summed E-state index contributed by atoms with van der Waals surface area (Å²) in [5.74, 6) is 0. The van der Waals surface area contributed by atoms with Crippen LogP contribution in [0.3, 0.4) is 0 Å². The summed E-state index contributed by atoms with van der Waals surface area (Å²) in [6, 6.07) is 0. The van der Waals surface area contributed by atoms with Crippen molar-refractivity contribution in [3.63, 3.8) is 0 Å². The van der Waals surface area contributed by atoms with Gasteiger partial charge in [0, 0.05) is 13.2 Å². The molecule has 48 valence electrons. The van der Waals surface area contributed by atoms with Gasteiger partial charge in [0.1, 0.15) is 0 Å². The second-order valence-corrected chi connectivity index (χ2v) is 2.12. The lowest BCUT2D eigenvalue weighted by Gasteiger charge is -1.76. The molecule has 0 amide bonds. The van der Waals surface area contributed by atoms with Gasteiger partial charge in [-0.15, -0.1) is 0 Å². The van der Waals surface area contributed by atoms with Crippen molar-refractivity contribution in [2.24, 2.45) is 0 Å². The van der Waals surface area contributed by atoms with E-state index in [1.165, 1.54) is 12.8 Å². The molecule has 8 heavy (non-hydrogen) atoms. The van der Waals surface area contributed by atoms with E-state index >= 15 is 0 Å². The molecule has 0 aromatic carbocycles. The van der Waals surface area contributed by atoms with Crippen molar-refractivity contribution in [3.8, 4) is 0 Å². The molecule has 0 aromatic heterocycles. The molecule has 0 bridgehead atoms. The number of ether oxygens (including phenoxy) is 1. The van der Waals surface area contributed by atoms with Crippen molar-refractivity contribution in [1.29, 1.82) is 0 Å². The van der Waals surface area contributed by atoms with E-state index in [0.29, 0.717) is 0 Å². The maximum atomic E-state index is 4.94. The first kappa shape index (κ1) is 8.18. The normalized spacial score (nSPS) is 16.6. The maximum absolute atomic E-state index is 4.94. The summed E-state index contributed by atoms with van der Waals surface area (Å²) in [5, 5.41) is 0. The molecule has 0 radical (unpaired) electrons. The van der Waals surface area contributed by atoms with Gasteiger partial charge in [-0.2, -0.15) is 0 Å². The Balaban J connectivity index is 0.000000145. The number of hydrogen-bond acceptors (Lipinski definition) is 1. The predicted octanol–water partition coefficient (Wildman–Crippen LogP) is 2.32. The summed E-state index contributed by atoms with van der Waals surface area (Å²) < 4.78 is 4.94. The number of hydrogen-bond donors (Lipinski definition) is 0. The third-order valence-corrected chi connectivity index (χ3v) is 0.827. The molecular weight excluding hydrogens is 168 g/mol. The van der Waals surface area contributed by atoms with Crippen LogP contribution in [0.5, 0.6) is 0 Å². The average Bonchev–Trinajstić information content (AvgIpc) is 2.17. The molecule has 0 aromatic rings. The Hall–Kier alpha value is 0.180. The summed E-state index contributed by atoms with van der Waals surface area (Å²) in [6.07, 6.45) is 2.56. The maximum Gasteiger partial charge on any atom is 0.0466 e. The summed E-state index contributed by atoms with van der Waals surface area (Å²) in [5.41, 5.74) is 0. The highest BCUT2D eigenvalue weighted by atomic mass is 79.9. The molecule has 1 aliphatic heterocycles. The molecule has 0 aliphatic carbocycles. The van der Waals surface area contributed by atoms with Crippen LogP contribution < -0.4 is 0 Å². The Kier molecular flexibility index (Phi) is 7.34. The highest BCUT2D eigenvalue weighted by Crippen LogP contribution is 1.98. The van der Waals surface area contributed by atoms with Gasteiger partial charge in [0.25, 0.3) is 0 Å². The van der Waals surface area contributed by atoms with Gasteiger partial charge in [-0.25, -0.2) is 0 Å². The molecular formula is C6H11BrO. The minimum absolute atomic E-state index is 1.00. The highest BCUT2D eigenvalue weighted by Gasteiger charge is 1.94. The van der Waals surface area contributed by atoms with E-state index in [1.807, 2.05) is 0 Å². The topological polar surface area (TPSA) is 9.23 Å². The summed E-state index contributed by atoms with van der Waals surface area (Å²) in [4.78, 5) is 1.56. The van der Waals surface area contributed by atoms with Gasteiger partial charge in [0.15, 0.2) is 0 Å². The monoisotopic (exact) mass is 178 g/mol. The van der Waals surface area contributed by atoms with Crippen molar-refractivity contribution < 1.29 is 4.74 Å². The first-order chi connectivity index (χ1) is 3.91. The van der Waals surface area contributed by atoms with Gasteiger partial charge in [-0.1, -0.05) is 22.5 Å². The Morgan fingerprint density at radius 3 is 1.88 bits per heavy atom. The first-order valence-corrected chi connectivity index (χ1v) is 3.62. The summed E-state index contributed by atoms with van der Waals surface area (Å²) >= 11 is 2.91. The van der Waals surface area contributed by atoms with Crippen LogP contribution in [0.4, 0.5) is 0 Å². The first-order valence-electron chi connectivity index (χ1n) is 2.70. The van der Waals surface area contributed by atoms with Crippen molar-refractivity contribution in [2.75, 3.05) is 13.2 Å². The highest BCUT2D eigenvalue weighted by molar-refractivity contribution is 9.11. The molecule has 1 rings (SSSR count). The Bertz CT molecular complexity index is 42.9. The number of rotatable bonds is 0. The van der Waals surface area contributed by atoms with Crippen LogP contribution >= 0.6 is 15.9 Å². The van der Waals surface area contributed by atoms with Crippen LogP contribution in [-0.2, 0) is 4.74 Å². The van der Waals surface area contributed by atoms with Crippen LogP contribution in [0.1, 0.15) is 12.8 Å². The minimum Gasteiger partial charge on any atom is -0.381 e. The van der Waals surface area contributed by atoms with Crippen molar-refractivity contribution in [1.82, 2.24) is 0 Å². The lowest BCUT2D eigenvalue weighted by atomic mass is 10.4. The van der Waals surface area contributed by atoms with E-state index in [4.69, 9.17) is 4.74 Å². The van der Waals surface area contributed by atoms with Gasteiger partial charge in [-0.3, -0.25) is 0 Å². The van der Waals surface area contributed by atoms with E-state index in [-0.39, 0.29) is 0 Å². The largest absolute Gasteiger partial charge is 0.381 e. The fourth-order valence-corrected chi connectivity index (χ4v) is 0.510. The Morgan fingerprint density at radius 1 is 1.38 bits per heavy atom. The van der Waals surface area contributed by atoms with E-state index in [0.717, 1.165) is 13.2 Å².